The number of hydrogen-bond donors (Lipinski definition) is 1. The van der Waals surface area contributed by atoms with Crippen LogP contribution in [0.2, 0.25) is 0 Å². The molecule has 1 aromatic heterocycles. The summed E-state index contributed by atoms with van der Waals surface area (Å²) in [6, 6.07) is 13.8. The maximum Gasteiger partial charge on any atom is 0.248 e. The average molecular weight is 226 g/mol. The maximum absolute atomic E-state index is 11.0. The molecule has 0 spiro atoms. The van der Waals surface area contributed by atoms with Crippen LogP contribution in [-0.2, 0) is 6.61 Å². The van der Waals surface area contributed by atoms with Crippen LogP contribution in [0.1, 0.15) is 11.3 Å². The van der Waals surface area contributed by atoms with Gasteiger partial charge < -0.3 is 9.72 Å². The van der Waals surface area contributed by atoms with E-state index in [9.17, 15) is 4.79 Å². The molecule has 1 heterocycles. The lowest BCUT2D eigenvalue weighted by Crippen LogP contribution is -2.08. The summed E-state index contributed by atoms with van der Waals surface area (Å²) < 4.78 is 5.47. The molecule has 0 aliphatic heterocycles. The highest BCUT2D eigenvalue weighted by atomic mass is 16.5. The van der Waals surface area contributed by atoms with Crippen LogP contribution in [-0.4, -0.2) is 4.98 Å². The highest BCUT2D eigenvalue weighted by Crippen LogP contribution is 2.12. The minimum Gasteiger partial charge on any atom is -0.487 e. The fraction of sp³-hybridized carbons (Fsp3) is 0.0769. The Morgan fingerprint density at radius 3 is 2.59 bits per heavy atom. The molecule has 0 aliphatic rings. The van der Waals surface area contributed by atoms with Gasteiger partial charge in [0, 0.05) is 6.07 Å². The summed E-state index contributed by atoms with van der Waals surface area (Å²) in [5.74, 6) is 0.661. The molecule has 0 saturated carbocycles. The zero-order chi connectivity index (χ0) is 12.1. The van der Waals surface area contributed by atoms with Gasteiger partial charge in [0.2, 0.25) is 5.56 Å². The highest BCUT2D eigenvalue weighted by Gasteiger charge is 1.97. The quantitative estimate of drug-likeness (QED) is 0.868. The lowest BCUT2D eigenvalue weighted by molar-refractivity contribution is 0.301. The number of aromatic amines is 1. The van der Waals surface area contributed by atoms with Crippen molar-refractivity contribution in [1.82, 2.24) is 4.98 Å². The third-order valence-corrected chi connectivity index (χ3v) is 2.21. The van der Waals surface area contributed by atoms with Crippen molar-refractivity contribution in [3.63, 3.8) is 0 Å². The van der Waals surface area contributed by atoms with Gasteiger partial charge in [0.05, 0.1) is 17.3 Å². The number of nitrogens with zero attached hydrogens (tertiary/aromatic N) is 1. The van der Waals surface area contributed by atoms with Crippen LogP contribution >= 0.6 is 0 Å². The minimum atomic E-state index is -0.147. The molecule has 0 saturated heterocycles. The molecule has 2 rings (SSSR count). The molecule has 0 fully saturated rings. The van der Waals surface area contributed by atoms with E-state index in [0.717, 1.165) is 0 Å². The van der Waals surface area contributed by atoms with Gasteiger partial charge >= 0.3 is 0 Å². The van der Waals surface area contributed by atoms with Gasteiger partial charge in [0.15, 0.2) is 0 Å². The van der Waals surface area contributed by atoms with Gasteiger partial charge in [-0.15, -0.1) is 0 Å². The monoisotopic (exact) mass is 226 g/mol. The number of benzene rings is 1. The molecule has 1 aromatic carbocycles. The molecule has 4 nitrogen and oxygen atoms in total. The molecule has 0 aliphatic carbocycles. The molecule has 4 heteroatoms. The molecule has 0 bridgehead atoms. The summed E-state index contributed by atoms with van der Waals surface area (Å²) in [5.41, 5.74) is 1.15. The molecule has 1 N–H and O–H groups in total. The SMILES string of the molecule is N#Cc1ccc(OCc2cccc(=O)[nH]2)cc1. The van der Waals surface area contributed by atoms with Crippen LogP contribution in [0.15, 0.2) is 47.3 Å². The molecule has 0 atom stereocenters. The van der Waals surface area contributed by atoms with Crippen molar-refractivity contribution in [3.8, 4) is 11.8 Å². The van der Waals surface area contributed by atoms with Crippen LogP contribution in [0.3, 0.4) is 0 Å². The molecule has 0 unspecified atom stereocenters. The second kappa shape index (κ2) is 4.99. The van der Waals surface area contributed by atoms with E-state index in [0.29, 0.717) is 23.6 Å². The van der Waals surface area contributed by atoms with E-state index < -0.39 is 0 Å². The van der Waals surface area contributed by atoms with Crippen LogP contribution in [0, 0.1) is 11.3 Å². The Morgan fingerprint density at radius 2 is 1.94 bits per heavy atom. The number of nitrogens with one attached hydrogen (secondary N) is 1. The number of aromatic nitrogens is 1. The smallest absolute Gasteiger partial charge is 0.248 e. The van der Waals surface area contributed by atoms with Crippen LogP contribution in [0.5, 0.6) is 5.75 Å². The van der Waals surface area contributed by atoms with Gasteiger partial charge in [-0.2, -0.15) is 5.26 Å². The summed E-state index contributed by atoms with van der Waals surface area (Å²) in [6.07, 6.45) is 0. The molecule has 0 amide bonds. The Labute approximate surface area is 98.1 Å². The number of pyridine rings is 1. The first-order valence-electron chi connectivity index (χ1n) is 5.09. The summed E-state index contributed by atoms with van der Waals surface area (Å²) in [5, 5.41) is 8.64. The Bertz CT molecular complexity index is 594. The van der Waals surface area contributed by atoms with E-state index in [4.69, 9.17) is 10.00 Å². The zero-order valence-electron chi connectivity index (χ0n) is 9.01. The molecular formula is C13H10N2O2. The van der Waals surface area contributed by atoms with Crippen molar-refractivity contribution in [2.75, 3.05) is 0 Å². The average Bonchev–Trinajstić information content (AvgIpc) is 2.37. The molecule has 17 heavy (non-hydrogen) atoms. The second-order valence-corrected chi connectivity index (χ2v) is 3.47. The Balaban J connectivity index is 2.02. The Kier molecular flexibility index (Phi) is 3.22. The van der Waals surface area contributed by atoms with Crippen LogP contribution < -0.4 is 10.3 Å². The number of nitriles is 1. The van der Waals surface area contributed by atoms with Crippen molar-refractivity contribution in [2.45, 2.75) is 6.61 Å². The Morgan fingerprint density at radius 1 is 1.18 bits per heavy atom. The maximum atomic E-state index is 11.0. The number of H-pyrrole nitrogens is 1. The van der Waals surface area contributed by atoms with Gasteiger partial charge in [-0.05, 0) is 30.3 Å². The topological polar surface area (TPSA) is 65.9 Å². The molecule has 2 aromatic rings. The summed E-state index contributed by atoms with van der Waals surface area (Å²) in [4.78, 5) is 13.7. The van der Waals surface area contributed by atoms with Gasteiger partial charge in [0.25, 0.3) is 0 Å². The van der Waals surface area contributed by atoms with Gasteiger partial charge in [-0.3, -0.25) is 4.79 Å². The number of hydrogen-bond acceptors (Lipinski definition) is 3. The van der Waals surface area contributed by atoms with E-state index in [2.05, 4.69) is 4.98 Å². The summed E-state index contributed by atoms with van der Waals surface area (Å²) in [6.45, 7) is 0.294. The predicted octanol–water partition coefficient (Wildman–Crippen LogP) is 1.83. The van der Waals surface area contributed by atoms with Crippen molar-refractivity contribution < 1.29 is 4.74 Å². The standard InChI is InChI=1S/C13H10N2O2/c14-8-10-4-6-12(7-5-10)17-9-11-2-1-3-13(16)15-11/h1-7H,9H2,(H,15,16). The lowest BCUT2D eigenvalue weighted by atomic mass is 10.2. The van der Waals surface area contributed by atoms with Crippen molar-refractivity contribution in [1.29, 1.82) is 5.26 Å². The number of rotatable bonds is 3. The summed E-state index contributed by atoms with van der Waals surface area (Å²) in [7, 11) is 0. The first-order valence-corrected chi connectivity index (χ1v) is 5.09. The normalized spacial score (nSPS) is 9.59. The summed E-state index contributed by atoms with van der Waals surface area (Å²) >= 11 is 0. The van der Waals surface area contributed by atoms with Crippen LogP contribution in [0.25, 0.3) is 0 Å². The first-order chi connectivity index (χ1) is 8.28. The predicted molar refractivity (Wildman–Crippen MR) is 62.6 cm³/mol. The minimum absolute atomic E-state index is 0.147. The molecule has 0 radical (unpaired) electrons. The van der Waals surface area contributed by atoms with Gasteiger partial charge in [0.1, 0.15) is 12.4 Å². The van der Waals surface area contributed by atoms with Crippen molar-refractivity contribution in [2.24, 2.45) is 0 Å². The lowest BCUT2D eigenvalue weighted by Gasteiger charge is -2.05. The first kappa shape index (κ1) is 11.0. The van der Waals surface area contributed by atoms with E-state index in [1.54, 1.807) is 36.4 Å². The molecule has 84 valence electrons. The fourth-order valence-electron chi connectivity index (χ4n) is 1.36. The third kappa shape index (κ3) is 2.95. The van der Waals surface area contributed by atoms with Gasteiger partial charge in [-0.1, -0.05) is 6.07 Å². The van der Waals surface area contributed by atoms with E-state index >= 15 is 0 Å². The fourth-order valence-corrected chi connectivity index (χ4v) is 1.36. The van der Waals surface area contributed by atoms with Crippen molar-refractivity contribution in [3.05, 3.63) is 64.1 Å². The number of ether oxygens (including phenoxy) is 1. The molecular weight excluding hydrogens is 216 g/mol. The van der Waals surface area contributed by atoms with Crippen LogP contribution in [0.4, 0.5) is 0 Å². The van der Waals surface area contributed by atoms with Gasteiger partial charge in [-0.25, -0.2) is 0 Å². The van der Waals surface area contributed by atoms with E-state index in [1.807, 2.05) is 6.07 Å². The zero-order valence-corrected chi connectivity index (χ0v) is 9.01. The second-order valence-electron chi connectivity index (χ2n) is 3.47. The Hall–Kier alpha value is -2.54. The highest BCUT2D eigenvalue weighted by molar-refractivity contribution is 5.34. The van der Waals surface area contributed by atoms with E-state index in [1.165, 1.54) is 6.07 Å². The third-order valence-electron chi connectivity index (χ3n) is 2.21. The van der Waals surface area contributed by atoms with Crippen molar-refractivity contribution >= 4 is 0 Å². The largest absolute Gasteiger partial charge is 0.487 e. The van der Waals surface area contributed by atoms with E-state index in [-0.39, 0.29) is 5.56 Å².